The number of piperidine rings is 1. The summed E-state index contributed by atoms with van der Waals surface area (Å²) in [5.41, 5.74) is 1.43. The molecule has 5 nitrogen and oxygen atoms in total. The molecule has 1 fully saturated rings. The number of likely N-dealkylation sites (tertiary alicyclic amines) is 1. The number of hydrazine groups is 1. The summed E-state index contributed by atoms with van der Waals surface area (Å²) in [5, 5.41) is 2.67. The Bertz CT molecular complexity index is 481. The molecule has 0 atom stereocenters. The second-order valence-corrected chi connectivity index (χ2v) is 5.12. The molecule has 0 aromatic heterocycles. The molecule has 0 saturated carbocycles. The molecule has 1 saturated heterocycles. The summed E-state index contributed by atoms with van der Waals surface area (Å²) in [4.78, 5) is 14.1. The van der Waals surface area contributed by atoms with Gasteiger partial charge < -0.3 is 15.6 Å². The Balaban J connectivity index is 1.88. The van der Waals surface area contributed by atoms with Gasteiger partial charge in [-0.3, -0.25) is 10.6 Å². The van der Waals surface area contributed by atoms with Crippen molar-refractivity contribution in [3.05, 3.63) is 29.3 Å². The molecule has 1 aliphatic rings. The molecule has 0 aliphatic carbocycles. The highest BCUT2D eigenvalue weighted by atomic mass is 19.1. The Morgan fingerprint density at radius 3 is 2.38 bits per heavy atom. The van der Waals surface area contributed by atoms with Gasteiger partial charge in [0.25, 0.3) is 5.91 Å². The molecule has 0 bridgehead atoms. The Labute approximate surface area is 122 Å². The maximum Gasteiger partial charge on any atom is 0.251 e. The summed E-state index contributed by atoms with van der Waals surface area (Å²) in [7, 11) is 0. The van der Waals surface area contributed by atoms with Crippen LogP contribution in [0.3, 0.4) is 0 Å². The first-order valence-corrected chi connectivity index (χ1v) is 7.08. The van der Waals surface area contributed by atoms with E-state index in [-0.39, 0.29) is 5.56 Å². The van der Waals surface area contributed by atoms with Crippen LogP contribution in [-0.2, 0) is 0 Å². The summed E-state index contributed by atoms with van der Waals surface area (Å²) >= 11 is 0. The van der Waals surface area contributed by atoms with Crippen LogP contribution in [0.1, 0.15) is 29.6 Å². The van der Waals surface area contributed by atoms with Crippen LogP contribution in [-0.4, -0.2) is 37.0 Å². The van der Waals surface area contributed by atoms with Gasteiger partial charge in [0.1, 0.15) is 5.69 Å². The number of anilines is 1. The largest absolute Gasteiger partial charge is 0.351 e. The van der Waals surface area contributed by atoms with Crippen molar-refractivity contribution in [3.8, 4) is 0 Å². The molecule has 1 aromatic rings. The number of hydrogen-bond donors (Lipinski definition) is 3. The van der Waals surface area contributed by atoms with Crippen molar-refractivity contribution in [1.29, 1.82) is 0 Å². The number of amides is 1. The van der Waals surface area contributed by atoms with E-state index in [0.29, 0.717) is 6.54 Å². The lowest BCUT2D eigenvalue weighted by atomic mass is 10.1. The molecule has 1 aromatic carbocycles. The monoisotopic (exact) mass is 298 g/mol. The van der Waals surface area contributed by atoms with E-state index in [9.17, 15) is 13.6 Å². The van der Waals surface area contributed by atoms with Crippen molar-refractivity contribution in [2.75, 3.05) is 31.6 Å². The summed E-state index contributed by atoms with van der Waals surface area (Å²) in [6, 6.07) is 1.93. The average Bonchev–Trinajstić information content (AvgIpc) is 2.48. The lowest BCUT2D eigenvalue weighted by molar-refractivity contribution is 0.0945. The zero-order valence-electron chi connectivity index (χ0n) is 11.8. The van der Waals surface area contributed by atoms with Gasteiger partial charge in [0.15, 0.2) is 11.6 Å². The standard InChI is InChI=1S/C14H20F2N4O/c15-11-8-10(9-12(16)13(11)19-17)14(21)18-4-7-20-5-2-1-3-6-20/h8-9,19H,1-7,17H2,(H,18,21). The number of nitrogen functional groups attached to an aromatic ring is 1. The second kappa shape index (κ2) is 7.33. The zero-order valence-corrected chi connectivity index (χ0v) is 11.8. The quantitative estimate of drug-likeness (QED) is 0.569. The summed E-state index contributed by atoms with van der Waals surface area (Å²) in [6.07, 6.45) is 3.61. The first-order valence-electron chi connectivity index (χ1n) is 7.08. The summed E-state index contributed by atoms with van der Waals surface area (Å²) < 4.78 is 27.0. The number of nitrogens with two attached hydrogens (primary N) is 1. The molecule has 4 N–H and O–H groups in total. The minimum atomic E-state index is -0.890. The highest BCUT2D eigenvalue weighted by Crippen LogP contribution is 2.19. The normalized spacial score (nSPS) is 15.8. The SMILES string of the molecule is NNc1c(F)cc(C(=O)NCCN2CCCCC2)cc1F. The summed E-state index contributed by atoms with van der Waals surface area (Å²) in [6.45, 7) is 3.28. The van der Waals surface area contributed by atoms with Gasteiger partial charge in [-0.25, -0.2) is 8.78 Å². The molecule has 0 spiro atoms. The molecule has 1 aliphatic heterocycles. The number of carbonyl (C=O) groups is 1. The number of nitrogens with zero attached hydrogens (tertiary/aromatic N) is 1. The Morgan fingerprint density at radius 1 is 1.19 bits per heavy atom. The van der Waals surface area contributed by atoms with Crippen molar-refractivity contribution in [3.63, 3.8) is 0 Å². The van der Waals surface area contributed by atoms with Gasteiger partial charge >= 0.3 is 0 Å². The molecule has 0 radical (unpaired) electrons. The van der Waals surface area contributed by atoms with Crippen molar-refractivity contribution in [2.45, 2.75) is 19.3 Å². The van der Waals surface area contributed by atoms with E-state index in [0.717, 1.165) is 31.8 Å². The van der Waals surface area contributed by atoms with Crippen LogP contribution in [0.25, 0.3) is 0 Å². The van der Waals surface area contributed by atoms with Gasteiger partial charge in [0.05, 0.1) is 0 Å². The number of carbonyl (C=O) groups excluding carboxylic acids is 1. The first kappa shape index (κ1) is 15.7. The zero-order chi connectivity index (χ0) is 15.2. The predicted octanol–water partition coefficient (Wildman–Crippen LogP) is 1.47. The van der Waals surface area contributed by atoms with E-state index in [1.54, 1.807) is 0 Å². The average molecular weight is 298 g/mol. The maximum absolute atomic E-state index is 13.5. The fourth-order valence-electron chi connectivity index (χ4n) is 2.45. The lowest BCUT2D eigenvalue weighted by Gasteiger charge is -2.26. The van der Waals surface area contributed by atoms with Crippen molar-refractivity contribution in [2.24, 2.45) is 5.84 Å². The van der Waals surface area contributed by atoms with E-state index in [4.69, 9.17) is 5.84 Å². The molecule has 1 amide bonds. The third-order valence-corrected chi connectivity index (χ3v) is 3.61. The number of rotatable bonds is 5. The van der Waals surface area contributed by atoms with E-state index in [1.165, 1.54) is 19.3 Å². The van der Waals surface area contributed by atoms with Crippen LogP contribution in [0.5, 0.6) is 0 Å². The Morgan fingerprint density at radius 2 is 1.81 bits per heavy atom. The van der Waals surface area contributed by atoms with Gasteiger partial charge in [-0.05, 0) is 38.1 Å². The first-order chi connectivity index (χ1) is 10.1. The molecule has 116 valence electrons. The third-order valence-electron chi connectivity index (χ3n) is 3.61. The van der Waals surface area contributed by atoms with Crippen LogP contribution in [0.15, 0.2) is 12.1 Å². The van der Waals surface area contributed by atoms with Gasteiger partial charge in [0.2, 0.25) is 0 Å². The van der Waals surface area contributed by atoms with Crippen molar-refractivity contribution in [1.82, 2.24) is 10.2 Å². The van der Waals surface area contributed by atoms with Gasteiger partial charge in [0, 0.05) is 18.7 Å². The van der Waals surface area contributed by atoms with Crippen LogP contribution in [0.2, 0.25) is 0 Å². The number of nitrogens with one attached hydrogen (secondary N) is 2. The molecule has 1 heterocycles. The highest BCUT2D eigenvalue weighted by molar-refractivity contribution is 5.94. The summed E-state index contributed by atoms with van der Waals surface area (Å²) in [5.74, 6) is 2.73. The minimum absolute atomic E-state index is 0.0531. The maximum atomic E-state index is 13.5. The van der Waals surface area contributed by atoms with Crippen molar-refractivity contribution >= 4 is 11.6 Å². The third kappa shape index (κ3) is 4.12. The Kier molecular flexibility index (Phi) is 5.46. The van der Waals surface area contributed by atoms with E-state index < -0.39 is 23.2 Å². The van der Waals surface area contributed by atoms with E-state index in [2.05, 4.69) is 10.2 Å². The lowest BCUT2D eigenvalue weighted by Crippen LogP contribution is -2.37. The van der Waals surface area contributed by atoms with Crippen molar-refractivity contribution < 1.29 is 13.6 Å². The van der Waals surface area contributed by atoms with Gasteiger partial charge in [-0.15, -0.1) is 0 Å². The number of benzene rings is 1. The van der Waals surface area contributed by atoms with Crippen LogP contribution in [0.4, 0.5) is 14.5 Å². The minimum Gasteiger partial charge on any atom is -0.351 e. The highest BCUT2D eigenvalue weighted by Gasteiger charge is 2.15. The van der Waals surface area contributed by atoms with E-state index >= 15 is 0 Å². The smallest absolute Gasteiger partial charge is 0.251 e. The molecule has 7 heteroatoms. The van der Waals surface area contributed by atoms with Crippen LogP contribution >= 0.6 is 0 Å². The molecular weight excluding hydrogens is 278 g/mol. The van der Waals surface area contributed by atoms with Crippen LogP contribution < -0.4 is 16.6 Å². The van der Waals surface area contributed by atoms with Gasteiger partial charge in [-0.1, -0.05) is 6.42 Å². The van der Waals surface area contributed by atoms with Crippen LogP contribution in [0, 0.1) is 11.6 Å². The fraction of sp³-hybridized carbons (Fsp3) is 0.500. The molecule has 21 heavy (non-hydrogen) atoms. The molecular formula is C14H20F2N4O. The van der Waals surface area contributed by atoms with Gasteiger partial charge in [-0.2, -0.15) is 0 Å². The Hall–Kier alpha value is -1.73. The predicted molar refractivity (Wildman–Crippen MR) is 76.8 cm³/mol. The topological polar surface area (TPSA) is 70.4 Å². The number of hydrogen-bond acceptors (Lipinski definition) is 4. The second-order valence-electron chi connectivity index (χ2n) is 5.12. The molecule has 0 unspecified atom stereocenters. The molecule has 2 rings (SSSR count). The number of halogens is 2. The fourth-order valence-corrected chi connectivity index (χ4v) is 2.45. The van der Waals surface area contributed by atoms with E-state index in [1.807, 2.05) is 5.43 Å².